The number of hydrogen-bond donors (Lipinski definition) is 0. The standard InChI is InChI=1S/C13H14ClN3O/c1-13(2,3)12(18)10-8-9(14)4-5-11(10)17-15-6-7-16-17/h4-8H,1-3H3. The van der Waals surface area contributed by atoms with Crippen molar-refractivity contribution < 1.29 is 4.79 Å². The maximum Gasteiger partial charge on any atom is 0.170 e. The Bertz CT molecular complexity index is 570. The summed E-state index contributed by atoms with van der Waals surface area (Å²) in [6.07, 6.45) is 3.14. The van der Waals surface area contributed by atoms with E-state index in [1.165, 1.54) is 4.80 Å². The molecule has 94 valence electrons. The van der Waals surface area contributed by atoms with Crippen LogP contribution >= 0.6 is 11.6 Å². The van der Waals surface area contributed by atoms with Crippen molar-refractivity contribution in [2.24, 2.45) is 5.41 Å². The van der Waals surface area contributed by atoms with E-state index in [1.807, 2.05) is 20.8 Å². The van der Waals surface area contributed by atoms with E-state index in [4.69, 9.17) is 11.6 Å². The van der Waals surface area contributed by atoms with E-state index in [0.29, 0.717) is 16.3 Å². The highest BCUT2D eigenvalue weighted by atomic mass is 35.5. The number of carbonyl (C=O) groups is 1. The van der Waals surface area contributed by atoms with Gasteiger partial charge in [0, 0.05) is 16.0 Å². The first-order chi connectivity index (χ1) is 8.39. The molecule has 5 heteroatoms. The predicted molar refractivity (Wildman–Crippen MR) is 70.2 cm³/mol. The fourth-order valence-electron chi connectivity index (χ4n) is 1.61. The highest BCUT2D eigenvalue weighted by Crippen LogP contribution is 2.26. The van der Waals surface area contributed by atoms with E-state index in [2.05, 4.69) is 10.2 Å². The van der Waals surface area contributed by atoms with E-state index in [1.54, 1.807) is 30.6 Å². The average Bonchev–Trinajstić information content (AvgIpc) is 2.80. The number of nitrogens with zero attached hydrogens (tertiary/aromatic N) is 3. The molecular formula is C13H14ClN3O. The summed E-state index contributed by atoms with van der Waals surface area (Å²) in [5.74, 6) is 0.0114. The van der Waals surface area contributed by atoms with Crippen molar-refractivity contribution in [1.82, 2.24) is 15.0 Å². The quantitative estimate of drug-likeness (QED) is 0.782. The highest BCUT2D eigenvalue weighted by Gasteiger charge is 2.26. The minimum atomic E-state index is -0.480. The fourth-order valence-corrected chi connectivity index (χ4v) is 1.78. The molecule has 0 unspecified atom stereocenters. The smallest absolute Gasteiger partial charge is 0.170 e. The van der Waals surface area contributed by atoms with Gasteiger partial charge in [-0.05, 0) is 18.2 Å². The number of benzene rings is 1. The Morgan fingerprint density at radius 2 is 1.83 bits per heavy atom. The number of halogens is 1. The molecule has 0 N–H and O–H groups in total. The molecule has 1 aromatic heterocycles. The number of rotatable bonds is 2. The normalized spacial score (nSPS) is 11.6. The number of hydrogen-bond acceptors (Lipinski definition) is 3. The molecule has 1 aromatic carbocycles. The number of aromatic nitrogens is 3. The van der Waals surface area contributed by atoms with Crippen LogP contribution in [-0.4, -0.2) is 20.8 Å². The molecule has 0 fully saturated rings. The molecule has 0 radical (unpaired) electrons. The summed E-state index contributed by atoms with van der Waals surface area (Å²) in [5, 5.41) is 8.63. The summed E-state index contributed by atoms with van der Waals surface area (Å²) < 4.78 is 0. The zero-order valence-electron chi connectivity index (χ0n) is 10.5. The minimum Gasteiger partial charge on any atom is -0.294 e. The molecule has 0 saturated carbocycles. The zero-order chi connectivity index (χ0) is 13.3. The maximum atomic E-state index is 12.4. The Kier molecular flexibility index (Phi) is 3.22. The van der Waals surface area contributed by atoms with E-state index in [-0.39, 0.29) is 5.78 Å². The van der Waals surface area contributed by atoms with Gasteiger partial charge in [0.25, 0.3) is 0 Å². The van der Waals surface area contributed by atoms with Gasteiger partial charge in [0.1, 0.15) is 0 Å². The largest absolute Gasteiger partial charge is 0.294 e. The van der Waals surface area contributed by atoms with Crippen LogP contribution in [0.1, 0.15) is 31.1 Å². The Hall–Kier alpha value is -1.68. The molecule has 0 aliphatic heterocycles. The predicted octanol–water partition coefficient (Wildman–Crippen LogP) is 3.15. The molecule has 0 aliphatic rings. The van der Waals surface area contributed by atoms with Gasteiger partial charge >= 0.3 is 0 Å². The van der Waals surface area contributed by atoms with Crippen LogP contribution < -0.4 is 0 Å². The van der Waals surface area contributed by atoms with Crippen molar-refractivity contribution in [2.75, 3.05) is 0 Å². The second-order valence-corrected chi connectivity index (χ2v) is 5.50. The lowest BCUT2D eigenvalue weighted by Gasteiger charge is -2.18. The van der Waals surface area contributed by atoms with Crippen LogP contribution in [0.4, 0.5) is 0 Å². The third kappa shape index (κ3) is 2.43. The van der Waals surface area contributed by atoms with Gasteiger partial charge in [-0.3, -0.25) is 4.79 Å². The fraction of sp³-hybridized carbons (Fsp3) is 0.308. The lowest BCUT2D eigenvalue weighted by Crippen LogP contribution is -2.22. The third-order valence-corrected chi connectivity index (χ3v) is 2.75. The van der Waals surface area contributed by atoms with Crippen LogP contribution in [0.2, 0.25) is 5.02 Å². The molecule has 18 heavy (non-hydrogen) atoms. The summed E-state index contributed by atoms with van der Waals surface area (Å²) in [4.78, 5) is 13.8. The van der Waals surface area contributed by atoms with Crippen molar-refractivity contribution in [1.29, 1.82) is 0 Å². The van der Waals surface area contributed by atoms with Crippen molar-refractivity contribution in [3.05, 3.63) is 41.2 Å². The van der Waals surface area contributed by atoms with Crippen molar-refractivity contribution in [2.45, 2.75) is 20.8 Å². The molecule has 0 amide bonds. The molecule has 4 nitrogen and oxygen atoms in total. The van der Waals surface area contributed by atoms with Gasteiger partial charge in [0.05, 0.1) is 18.1 Å². The van der Waals surface area contributed by atoms with Gasteiger partial charge in [0.2, 0.25) is 0 Å². The zero-order valence-corrected chi connectivity index (χ0v) is 11.3. The minimum absolute atomic E-state index is 0.0114. The van der Waals surface area contributed by atoms with Gasteiger partial charge in [-0.2, -0.15) is 15.0 Å². The summed E-state index contributed by atoms with van der Waals surface area (Å²) in [5.41, 5.74) is 0.697. The Balaban J connectivity index is 2.59. The maximum absolute atomic E-state index is 12.4. The van der Waals surface area contributed by atoms with E-state index in [0.717, 1.165) is 0 Å². The number of Topliss-reactive ketones (excluding diaryl/α,β-unsaturated/α-hetero) is 1. The van der Waals surface area contributed by atoms with E-state index >= 15 is 0 Å². The van der Waals surface area contributed by atoms with Crippen LogP contribution in [0, 0.1) is 5.41 Å². The molecule has 0 saturated heterocycles. The monoisotopic (exact) mass is 263 g/mol. The molecule has 0 aliphatic carbocycles. The molecule has 1 heterocycles. The topological polar surface area (TPSA) is 47.8 Å². The molecule has 2 aromatic rings. The molecule has 0 spiro atoms. The van der Waals surface area contributed by atoms with Crippen LogP contribution in [0.25, 0.3) is 5.69 Å². The van der Waals surface area contributed by atoms with E-state index in [9.17, 15) is 4.79 Å². The van der Waals surface area contributed by atoms with Gasteiger partial charge in [-0.25, -0.2) is 0 Å². The van der Waals surface area contributed by atoms with Crippen LogP contribution in [0.3, 0.4) is 0 Å². The lowest BCUT2D eigenvalue weighted by atomic mass is 9.86. The Labute approximate surface area is 111 Å². The second kappa shape index (κ2) is 4.53. The van der Waals surface area contributed by atoms with Crippen molar-refractivity contribution in [3.8, 4) is 5.69 Å². The first-order valence-corrected chi connectivity index (χ1v) is 5.98. The highest BCUT2D eigenvalue weighted by molar-refractivity contribution is 6.31. The van der Waals surface area contributed by atoms with Gasteiger partial charge in [-0.1, -0.05) is 32.4 Å². The van der Waals surface area contributed by atoms with Gasteiger partial charge < -0.3 is 0 Å². The molecule has 0 bridgehead atoms. The first-order valence-electron chi connectivity index (χ1n) is 5.60. The van der Waals surface area contributed by atoms with Crippen LogP contribution in [-0.2, 0) is 0 Å². The molecular weight excluding hydrogens is 250 g/mol. The van der Waals surface area contributed by atoms with Crippen LogP contribution in [0.5, 0.6) is 0 Å². The summed E-state index contributed by atoms with van der Waals surface area (Å²) in [6.45, 7) is 5.61. The SMILES string of the molecule is CC(C)(C)C(=O)c1cc(Cl)ccc1-n1nccn1. The Morgan fingerprint density at radius 1 is 1.22 bits per heavy atom. The lowest BCUT2D eigenvalue weighted by molar-refractivity contribution is 0.0858. The second-order valence-electron chi connectivity index (χ2n) is 5.06. The van der Waals surface area contributed by atoms with Gasteiger partial charge in [0.15, 0.2) is 5.78 Å². The van der Waals surface area contributed by atoms with Crippen molar-refractivity contribution in [3.63, 3.8) is 0 Å². The average molecular weight is 264 g/mol. The summed E-state index contributed by atoms with van der Waals surface area (Å²) in [7, 11) is 0. The molecule has 0 atom stereocenters. The van der Waals surface area contributed by atoms with Gasteiger partial charge in [-0.15, -0.1) is 0 Å². The van der Waals surface area contributed by atoms with E-state index < -0.39 is 5.41 Å². The Morgan fingerprint density at radius 3 is 2.39 bits per heavy atom. The summed E-state index contributed by atoms with van der Waals surface area (Å²) >= 11 is 5.97. The molecule has 2 rings (SSSR count). The third-order valence-electron chi connectivity index (χ3n) is 2.52. The summed E-state index contributed by atoms with van der Waals surface area (Å²) in [6, 6.07) is 5.13. The number of carbonyl (C=O) groups excluding carboxylic acids is 1. The first kappa shape index (κ1) is 12.8. The van der Waals surface area contributed by atoms with Crippen LogP contribution in [0.15, 0.2) is 30.6 Å². The van der Waals surface area contributed by atoms with Crippen molar-refractivity contribution >= 4 is 17.4 Å². The number of ketones is 1.